The van der Waals surface area contributed by atoms with Crippen molar-refractivity contribution in [3.63, 3.8) is 0 Å². The van der Waals surface area contributed by atoms with Crippen molar-refractivity contribution < 1.29 is 17.9 Å². The molecule has 0 amide bonds. The molecule has 0 aromatic heterocycles. The van der Waals surface area contributed by atoms with E-state index in [0.717, 1.165) is 5.56 Å². The molecule has 0 saturated carbocycles. The van der Waals surface area contributed by atoms with E-state index in [-0.39, 0.29) is 24.5 Å². The molecule has 2 aromatic carbocycles. The molecule has 0 radical (unpaired) electrons. The highest BCUT2D eigenvalue weighted by molar-refractivity contribution is 7.89. The predicted octanol–water partition coefficient (Wildman–Crippen LogP) is 1.85. The van der Waals surface area contributed by atoms with Gasteiger partial charge in [0.05, 0.1) is 19.1 Å². The molecular weight excluding hydrogens is 328 g/mol. The molecule has 0 aliphatic carbocycles. The molecule has 0 atom stereocenters. The maximum absolute atomic E-state index is 13.0. The van der Waals surface area contributed by atoms with E-state index in [9.17, 15) is 8.42 Å². The van der Waals surface area contributed by atoms with Crippen LogP contribution >= 0.6 is 0 Å². The second-order valence-electron chi connectivity index (χ2n) is 5.13. The van der Waals surface area contributed by atoms with E-state index in [1.165, 1.54) is 30.7 Å². The van der Waals surface area contributed by atoms with Crippen LogP contribution in [0.4, 0.5) is 0 Å². The number of methoxy groups -OCH3 is 2. The summed E-state index contributed by atoms with van der Waals surface area (Å²) < 4.78 is 37.7. The number of hydrogen-bond acceptors (Lipinski definition) is 5. The van der Waals surface area contributed by atoms with Crippen molar-refractivity contribution in [1.29, 1.82) is 0 Å². The van der Waals surface area contributed by atoms with Gasteiger partial charge in [-0.3, -0.25) is 0 Å². The first kappa shape index (κ1) is 18.3. The molecule has 0 aliphatic rings. The third-order valence-corrected chi connectivity index (χ3v) is 5.41. The molecule has 0 aliphatic heterocycles. The average Bonchev–Trinajstić information content (AvgIpc) is 2.61. The fourth-order valence-electron chi connectivity index (χ4n) is 2.34. The van der Waals surface area contributed by atoms with Crippen LogP contribution in [0.25, 0.3) is 0 Å². The zero-order valence-corrected chi connectivity index (χ0v) is 14.6. The molecule has 6 nitrogen and oxygen atoms in total. The van der Waals surface area contributed by atoms with Crippen molar-refractivity contribution in [1.82, 2.24) is 4.31 Å². The molecule has 0 fully saturated rings. The Labute approximate surface area is 142 Å². The van der Waals surface area contributed by atoms with E-state index in [1.807, 2.05) is 30.3 Å². The summed E-state index contributed by atoms with van der Waals surface area (Å²) >= 11 is 0. The summed E-state index contributed by atoms with van der Waals surface area (Å²) in [6.45, 7) is 0.722. The number of nitrogens with two attached hydrogens (primary N) is 1. The number of ether oxygens (including phenoxy) is 2. The molecule has 0 spiro atoms. The fraction of sp³-hybridized carbons (Fsp3) is 0.294. The SMILES string of the molecule is COc1ccc(S(=O)(=O)N(CCN)Cc2ccccc2)cc1OC. The Morgan fingerprint density at radius 3 is 2.25 bits per heavy atom. The Hall–Kier alpha value is -2.09. The lowest BCUT2D eigenvalue weighted by Gasteiger charge is -2.22. The topological polar surface area (TPSA) is 81.9 Å². The molecule has 130 valence electrons. The molecule has 0 heterocycles. The second-order valence-corrected chi connectivity index (χ2v) is 7.07. The fourth-order valence-corrected chi connectivity index (χ4v) is 3.80. The number of hydrogen-bond donors (Lipinski definition) is 1. The normalized spacial score (nSPS) is 11.5. The van der Waals surface area contributed by atoms with Gasteiger partial charge in [0.15, 0.2) is 11.5 Å². The highest BCUT2D eigenvalue weighted by Gasteiger charge is 2.25. The van der Waals surface area contributed by atoms with Crippen LogP contribution in [0.2, 0.25) is 0 Å². The zero-order chi connectivity index (χ0) is 17.6. The van der Waals surface area contributed by atoms with Crippen molar-refractivity contribution in [2.45, 2.75) is 11.4 Å². The largest absolute Gasteiger partial charge is 0.493 e. The first-order valence-electron chi connectivity index (χ1n) is 7.49. The van der Waals surface area contributed by atoms with Gasteiger partial charge in [-0.1, -0.05) is 30.3 Å². The van der Waals surface area contributed by atoms with Crippen LogP contribution < -0.4 is 15.2 Å². The van der Waals surface area contributed by atoms with Gasteiger partial charge in [0.1, 0.15) is 0 Å². The van der Waals surface area contributed by atoms with Crippen molar-refractivity contribution in [2.24, 2.45) is 5.73 Å². The number of rotatable bonds is 8. The van der Waals surface area contributed by atoms with E-state index in [0.29, 0.717) is 11.5 Å². The van der Waals surface area contributed by atoms with Gasteiger partial charge in [0, 0.05) is 25.7 Å². The van der Waals surface area contributed by atoms with E-state index in [2.05, 4.69) is 0 Å². The third-order valence-electron chi connectivity index (χ3n) is 3.57. The van der Waals surface area contributed by atoms with Crippen molar-refractivity contribution in [2.75, 3.05) is 27.3 Å². The Kier molecular flexibility index (Phi) is 6.19. The summed E-state index contributed by atoms with van der Waals surface area (Å²) in [6, 6.07) is 13.9. The van der Waals surface area contributed by atoms with Gasteiger partial charge < -0.3 is 15.2 Å². The lowest BCUT2D eigenvalue weighted by atomic mass is 10.2. The molecule has 2 rings (SSSR count). The summed E-state index contributed by atoms with van der Waals surface area (Å²) in [5.74, 6) is 0.843. The first-order chi connectivity index (χ1) is 11.5. The molecule has 0 unspecified atom stereocenters. The molecule has 7 heteroatoms. The molecule has 2 aromatic rings. The van der Waals surface area contributed by atoms with Gasteiger partial charge >= 0.3 is 0 Å². The summed E-state index contributed by atoms with van der Waals surface area (Å²) in [4.78, 5) is 0.143. The molecular formula is C17H22N2O4S. The van der Waals surface area contributed by atoms with Crippen LogP contribution in [0.1, 0.15) is 5.56 Å². The number of benzene rings is 2. The Morgan fingerprint density at radius 1 is 1.00 bits per heavy atom. The van der Waals surface area contributed by atoms with Crippen LogP contribution in [0.3, 0.4) is 0 Å². The maximum Gasteiger partial charge on any atom is 0.243 e. The smallest absolute Gasteiger partial charge is 0.243 e. The molecule has 0 saturated heterocycles. The van der Waals surface area contributed by atoms with Crippen LogP contribution in [-0.2, 0) is 16.6 Å². The highest BCUT2D eigenvalue weighted by atomic mass is 32.2. The van der Waals surface area contributed by atoms with E-state index in [1.54, 1.807) is 6.07 Å². The molecule has 24 heavy (non-hydrogen) atoms. The minimum Gasteiger partial charge on any atom is -0.493 e. The van der Waals surface area contributed by atoms with Crippen LogP contribution in [0.15, 0.2) is 53.4 Å². The standard InChI is InChI=1S/C17H22N2O4S/c1-22-16-9-8-15(12-17(16)23-2)24(20,21)19(11-10-18)13-14-6-4-3-5-7-14/h3-9,12H,10-11,13,18H2,1-2H3. The third kappa shape index (κ3) is 4.05. The lowest BCUT2D eigenvalue weighted by Crippen LogP contribution is -2.34. The van der Waals surface area contributed by atoms with E-state index < -0.39 is 10.0 Å². The Bertz CT molecular complexity index is 763. The van der Waals surface area contributed by atoms with Crippen molar-refractivity contribution in [3.05, 3.63) is 54.1 Å². The lowest BCUT2D eigenvalue weighted by molar-refractivity contribution is 0.353. The summed E-state index contributed by atoms with van der Waals surface area (Å²) in [5.41, 5.74) is 6.51. The average molecular weight is 350 g/mol. The molecule has 0 bridgehead atoms. The Balaban J connectivity index is 2.37. The van der Waals surface area contributed by atoms with E-state index in [4.69, 9.17) is 15.2 Å². The number of nitrogens with zero attached hydrogens (tertiary/aromatic N) is 1. The maximum atomic E-state index is 13.0. The minimum absolute atomic E-state index is 0.143. The van der Waals surface area contributed by atoms with Gasteiger partial charge in [0.25, 0.3) is 0 Å². The van der Waals surface area contributed by atoms with Crippen molar-refractivity contribution in [3.8, 4) is 11.5 Å². The van der Waals surface area contributed by atoms with Gasteiger partial charge in [-0.2, -0.15) is 4.31 Å². The van der Waals surface area contributed by atoms with Crippen LogP contribution in [0.5, 0.6) is 11.5 Å². The van der Waals surface area contributed by atoms with Gasteiger partial charge in [-0.25, -0.2) is 8.42 Å². The Morgan fingerprint density at radius 2 is 1.67 bits per heavy atom. The molecule has 2 N–H and O–H groups in total. The highest BCUT2D eigenvalue weighted by Crippen LogP contribution is 2.30. The summed E-state index contributed by atoms with van der Waals surface area (Å²) in [6.07, 6.45) is 0. The summed E-state index contributed by atoms with van der Waals surface area (Å²) in [7, 11) is -0.731. The quantitative estimate of drug-likeness (QED) is 0.786. The van der Waals surface area contributed by atoms with Crippen LogP contribution in [-0.4, -0.2) is 40.0 Å². The monoisotopic (exact) mass is 350 g/mol. The van der Waals surface area contributed by atoms with Gasteiger partial charge in [-0.05, 0) is 17.7 Å². The first-order valence-corrected chi connectivity index (χ1v) is 8.93. The van der Waals surface area contributed by atoms with Crippen LogP contribution in [0, 0.1) is 0 Å². The van der Waals surface area contributed by atoms with E-state index >= 15 is 0 Å². The summed E-state index contributed by atoms with van der Waals surface area (Å²) in [5, 5.41) is 0. The van der Waals surface area contributed by atoms with Gasteiger partial charge in [-0.15, -0.1) is 0 Å². The zero-order valence-electron chi connectivity index (χ0n) is 13.8. The van der Waals surface area contributed by atoms with Crippen molar-refractivity contribution >= 4 is 10.0 Å². The van der Waals surface area contributed by atoms with Gasteiger partial charge in [0.2, 0.25) is 10.0 Å². The predicted molar refractivity (Wildman–Crippen MR) is 92.6 cm³/mol. The second kappa shape index (κ2) is 8.14. The number of sulfonamides is 1. The minimum atomic E-state index is -3.70.